The van der Waals surface area contributed by atoms with Crippen LogP contribution in [0.15, 0.2) is 29.9 Å². The standard InChI is InChI=1S/C12H5F3N2S/c13-6-3-8(10(15)9(14)4-6)11-7-1-2-18-12(7)17-5-16-11/h1-5H. The quantitative estimate of drug-likeness (QED) is 0.626. The van der Waals surface area contributed by atoms with E-state index in [1.807, 2.05) is 0 Å². The number of rotatable bonds is 1. The third-order valence-corrected chi connectivity index (χ3v) is 3.33. The van der Waals surface area contributed by atoms with Gasteiger partial charge in [0.1, 0.15) is 17.0 Å². The maximum absolute atomic E-state index is 13.7. The molecule has 2 aromatic heterocycles. The number of nitrogens with zero attached hydrogens (tertiary/aromatic N) is 2. The van der Waals surface area contributed by atoms with Gasteiger partial charge in [-0.05, 0) is 17.5 Å². The van der Waals surface area contributed by atoms with Gasteiger partial charge in [0.25, 0.3) is 0 Å². The summed E-state index contributed by atoms with van der Waals surface area (Å²) in [5, 5.41) is 2.34. The van der Waals surface area contributed by atoms with Crippen LogP contribution in [0.2, 0.25) is 0 Å². The first kappa shape index (κ1) is 11.2. The fourth-order valence-corrected chi connectivity index (χ4v) is 2.47. The zero-order valence-electron chi connectivity index (χ0n) is 8.82. The molecule has 0 N–H and O–H groups in total. The van der Waals surface area contributed by atoms with E-state index in [2.05, 4.69) is 9.97 Å². The van der Waals surface area contributed by atoms with Crippen LogP contribution in [0.25, 0.3) is 21.5 Å². The van der Waals surface area contributed by atoms with E-state index in [0.717, 1.165) is 6.07 Å². The SMILES string of the molecule is Fc1cc(F)c(F)c(-c2ncnc3sccc23)c1. The Kier molecular flexibility index (Phi) is 2.52. The fourth-order valence-electron chi connectivity index (χ4n) is 1.73. The summed E-state index contributed by atoms with van der Waals surface area (Å²) in [6.45, 7) is 0. The Hall–Kier alpha value is -1.95. The van der Waals surface area contributed by atoms with E-state index in [0.29, 0.717) is 16.3 Å². The van der Waals surface area contributed by atoms with Crippen LogP contribution < -0.4 is 0 Å². The Labute approximate surface area is 104 Å². The minimum atomic E-state index is -1.23. The molecule has 0 unspecified atom stereocenters. The van der Waals surface area contributed by atoms with Crippen LogP contribution in [-0.2, 0) is 0 Å². The van der Waals surface area contributed by atoms with Gasteiger partial charge in [0.15, 0.2) is 11.6 Å². The highest BCUT2D eigenvalue weighted by Crippen LogP contribution is 2.31. The summed E-state index contributed by atoms with van der Waals surface area (Å²) in [7, 11) is 0. The van der Waals surface area contributed by atoms with Crippen LogP contribution in [0.4, 0.5) is 13.2 Å². The van der Waals surface area contributed by atoms with E-state index in [1.165, 1.54) is 17.7 Å². The molecule has 0 radical (unpaired) electrons. The Morgan fingerprint density at radius 1 is 1.06 bits per heavy atom. The van der Waals surface area contributed by atoms with Gasteiger partial charge in [-0.15, -0.1) is 11.3 Å². The lowest BCUT2D eigenvalue weighted by Gasteiger charge is -2.05. The summed E-state index contributed by atoms with van der Waals surface area (Å²) >= 11 is 1.35. The normalized spacial score (nSPS) is 11.1. The van der Waals surface area contributed by atoms with Gasteiger partial charge in [0.2, 0.25) is 0 Å². The zero-order valence-corrected chi connectivity index (χ0v) is 9.64. The summed E-state index contributed by atoms with van der Waals surface area (Å²) in [5.41, 5.74) is -0.00421. The number of thiophene rings is 1. The second-order valence-electron chi connectivity index (χ2n) is 3.61. The predicted octanol–water partition coefficient (Wildman–Crippen LogP) is 3.78. The maximum Gasteiger partial charge on any atom is 0.168 e. The average Bonchev–Trinajstić information content (AvgIpc) is 2.81. The van der Waals surface area contributed by atoms with Crippen molar-refractivity contribution >= 4 is 21.6 Å². The molecule has 2 nitrogen and oxygen atoms in total. The molecule has 0 saturated carbocycles. The molecule has 0 aliphatic heterocycles. The highest BCUT2D eigenvalue weighted by Gasteiger charge is 2.16. The topological polar surface area (TPSA) is 25.8 Å². The molecule has 0 spiro atoms. The van der Waals surface area contributed by atoms with Gasteiger partial charge < -0.3 is 0 Å². The second-order valence-corrected chi connectivity index (χ2v) is 4.51. The van der Waals surface area contributed by atoms with Crippen molar-refractivity contribution in [2.24, 2.45) is 0 Å². The van der Waals surface area contributed by atoms with Crippen LogP contribution >= 0.6 is 11.3 Å². The molecule has 0 saturated heterocycles. The van der Waals surface area contributed by atoms with Crippen LogP contribution in [-0.4, -0.2) is 9.97 Å². The summed E-state index contributed by atoms with van der Waals surface area (Å²) in [6.07, 6.45) is 1.25. The smallest absolute Gasteiger partial charge is 0.168 e. The molecule has 0 aliphatic carbocycles. The molecule has 18 heavy (non-hydrogen) atoms. The van der Waals surface area contributed by atoms with Crippen molar-refractivity contribution in [1.82, 2.24) is 9.97 Å². The van der Waals surface area contributed by atoms with Crippen molar-refractivity contribution in [1.29, 1.82) is 0 Å². The first-order valence-corrected chi connectivity index (χ1v) is 5.88. The molecule has 0 bridgehead atoms. The molecule has 90 valence electrons. The maximum atomic E-state index is 13.7. The number of halogens is 3. The van der Waals surface area contributed by atoms with Crippen molar-refractivity contribution in [2.45, 2.75) is 0 Å². The first-order valence-electron chi connectivity index (χ1n) is 5.00. The van der Waals surface area contributed by atoms with Crippen molar-refractivity contribution in [3.8, 4) is 11.3 Å². The van der Waals surface area contributed by atoms with Gasteiger partial charge in [0.05, 0.1) is 5.69 Å². The Balaban J connectivity index is 2.36. The van der Waals surface area contributed by atoms with Gasteiger partial charge in [-0.1, -0.05) is 0 Å². The highest BCUT2D eigenvalue weighted by molar-refractivity contribution is 7.16. The molecule has 0 amide bonds. The van der Waals surface area contributed by atoms with Crippen LogP contribution in [0.5, 0.6) is 0 Å². The Bertz CT molecular complexity index is 739. The van der Waals surface area contributed by atoms with E-state index in [-0.39, 0.29) is 11.3 Å². The third kappa shape index (κ3) is 1.65. The highest BCUT2D eigenvalue weighted by atomic mass is 32.1. The number of fused-ring (bicyclic) bond motifs is 1. The largest absolute Gasteiger partial charge is 0.235 e. The number of hydrogen-bond donors (Lipinski definition) is 0. The molecule has 3 aromatic rings. The molecular formula is C12H5F3N2S. The van der Waals surface area contributed by atoms with Gasteiger partial charge in [-0.2, -0.15) is 0 Å². The molecule has 0 aliphatic rings. The van der Waals surface area contributed by atoms with Crippen LogP contribution in [0, 0.1) is 17.5 Å². The fraction of sp³-hybridized carbons (Fsp3) is 0. The third-order valence-electron chi connectivity index (χ3n) is 2.51. The van der Waals surface area contributed by atoms with Crippen molar-refractivity contribution in [3.63, 3.8) is 0 Å². The summed E-state index contributed by atoms with van der Waals surface area (Å²) in [5.74, 6) is -3.18. The molecule has 1 aromatic carbocycles. The van der Waals surface area contributed by atoms with Gasteiger partial charge in [0, 0.05) is 17.0 Å². The monoisotopic (exact) mass is 266 g/mol. The van der Waals surface area contributed by atoms with E-state index < -0.39 is 17.5 Å². The molecule has 2 heterocycles. The lowest BCUT2D eigenvalue weighted by Crippen LogP contribution is -1.95. The van der Waals surface area contributed by atoms with Crippen LogP contribution in [0.1, 0.15) is 0 Å². The van der Waals surface area contributed by atoms with Gasteiger partial charge in [-0.25, -0.2) is 23.1 Å². The summed E-state index contributed by atoms with van der Waals surface area (Å²) < 4.78 is 40.1. The summed E-state index contributed by atoms with van der Waals surface area (Å²) in [6, 6.07) is 3.13. The first-order chi connectivity index (χ1) is 8.66. The predicted molar refractivity (Wildman–Crippen MR) is 62.7 cm³/mol. The number of benzene rings is 1. The summed E-state index contributed by atoms with van der Waals surface area (Å²) in [4.78, 5) is 8.56. The molecule has 3 rings (SSSR count). The molecule has 0 fully saturated rings. The van der Waals surface area contributed by atoms with Crippen molar-refractivity contribution in [2.75, 3.05) is 0 Å². The van der Waals surface area contributed by atoms with E-state index in [4.69, 9.17) is 0 Å². The minimum absolute atomic E-state index is 0.192. The molecule has 6 heteroatoms. The Morgan fingerprint density at radius 3 is 2.72 bits per heavy atom. The lowest BCUT2D eigenvalue weighted by molar-refractivity contribution is 0.497. The number of hydrogen-bond acceptors (Lipinski definition) is 3. The van der Waals surface area contributed by atoms with Gasteiger partial charge in [-0.3, -0.25) is 0 Å². The molecular weight excluding hydrogens is 261 g/mol. The minimum Gasteiger partial charge on any atom is -0.235 e. The zero-order chi connectivity index (χ0) is 12.7. The van der Waals surface area contributed by atoms with E-state index in [1.54, 1.807) is 11.4 Å². The average molecular weight is 266 g/mol. The van der Waals surface area contributed by atoms with E-state index in [9.17, 15) is 13.2 Å². The second kappa shape index (κ2) is 4.06. The van der Waals surface area contributed by atoms with Crippen molar-refractivity contribution in [3.05, 3.63) is 47.4 Å². The Morgan fingerprint density at radius 2 is 1.89 bits per heavy atom. The van der Waals surface area contributed by atoms with Crippen molar-refractivity contribution < 1.29 is 13.2 Å². The van der Waals surface area contributed by atoms with Crippen LogP contribution in [0.3, 0.4) is 0 Å². The molecule has 0 atom stereocenters. The number of aromatic nitrogens is 2. The lowest BCUT2D eigenvalue weighted by atomic mass is 10.1. The van der Waals surface area contributed by atoms with Gasteiger partial charge >= 0.3 is 0 Å². The van der Waals surface area contributed by atoms with E-state index >= 15 is 0 Å².